The Kier molecular flexibility index (Phi) is 6.82. The van der Waals surface area contributed by atoms with Crippen molar-refractivity contribution in [2.45, 2.75) is 81.5 Å². The van der Waals surface area contributed by atoms with Crippen LogP contribution in [0.25, 0.3) is 0 Å². The summed E-state index contributed by atoms with van der Waals surface area (Å²) >= 11 is 1.63. The standard InChI is InChI=1S/C23H36N2O5S/c1-7-12-24(14(4)5)20(28)18-23-11-10-22(6,31-23)17(21(29)30-9-3)16(23)19(27)25(18)15(8-2)13-26/h7,14-18,26H,1,8-13H2,2-6H3/t15-,16-,17+,18?,22-,23?/m0/s1. The quantitative estimate of drug-likeness (QED) is 0.426. The summed E-state index contributed by atoms with van der Waals surface area (Å²) in [7, 11) is 0. The molecule has 174 valence electrons. The average Bonchev–Trinajstić information content (AvgIpc) is 3.28. The SMILES string of the molecule is C=CCN(C(=O)C1N([C@@H](CC)CO)C(=O)[C@@H]2[C@H](C(=O)OCC)[C@]3(C)CCC12S3)C(C)C. The third kappa shape index (κ3) is 3.50. The highest BCUT2D eigenvalue weighted by Crippen LogP contribution is 2.71. The van der Waals surface area contributed by atoms with E-state index in [9.17, 15) is 19.5 Å². The van der Waals surface area contributed by atoms with E-state index < -0.39 is 33.4 Å². The van der Waals surface area contributed by atoms with E-state index >= 15 is 0 Å². The maximum atomic E-state index is 14.0. The van der Waals surface area contributed by atoms with E-state index in [-0.39, 0.29) is 37.0 Å². The second-order valence-electron chi connectivity index (χ2n) is 9.34. The summed E-state index contributed by atoms with van der Waals surface area (Å²) in [6.07, 6.45) is 3.67. The summed E-state index contributed by atoms with van der Waals surface area (Å²) in [6, 6.07) is -1.24. The molecule has 1 N–H and O–H groups in total. The molecule has 6 atom stereocenters. The second-order valence-corrected chi connectivity index (χ2v) is 11.2. The Morgan fingerprint density at radius 3 is 2.58 bits per heavy atom. The number of likely N-dealkylation sites (tertiary alicyclic amines) is 1. The molecule has 0 aromatic heterocycles. The summed E-state index contributed by atoms with van der Waals surface area (Å²) in [5.74, 6) is -1.87. The van der Waals surface area contributed by atoms with E-state index in [2.05, 4.69) is 6.58 Å². The van der Waals surface area contributed by atoms with E-state index in [1.807, 2.05) is 27.7 Å². The first-order chi connectivity index (χ1) is 14.6. The number of fused-ring (bicyclic) bond motifs is 1. The van der Waals surface area contributed by atoms with Crippen molar-refractivity contribution in [3.8, 4) is 0 Å². The lowest BCUT2D eigenvalue weighted by atomic mass is 9.66. The van der Waals surface area contributed by atoms with Gasteiger partial charge in [0.1, 0.15) is 6.04 Å². The van der Waals surface area contributed by atoms with Crippen LogP contribution in [0.2, 0.25) is 0 Å². The van der Waals surface area contributed by atoms with Crippen molar-refractivity contribution < 1.29 is 24.2 Å². The normalized spacial score (nSPS) is 34.7. The number of aliphatic hydroxyl groups is 1. The lowest BCUT2D eigenvalue weighted by molar-refractivity contribution is -0.155. The van der Waals surface area contributed by atoms with Crippen LogP contribution < -0.4 is 0 Å². The summed E-state index contributed by atoms with van der Waals surface area (Å²) in [5, 5.41) is 10.1. The van der Waals surface area contributed by atoms with E-state index in [0.29, 0.717) is 19.4 Å². The summed E-state index contributed by atoms with van der Waals surface area (Å²) in [5.41, 5.74) is 0. The Bertz CT molecular complexity index is 754. The number of ether oxygens (including phenoxy) is 1. The average molecular weight is 453 g/mol. The summed E-state index contributed by atoms with van der Waals surface area (Å²) in [6.45, 7) is 13.8. The predicted molar refractivity (Wildman–Crippen MR) is 120 cm³/mol. The molecule has 3 aliphatic rings. The molecule has 3 fully saturated rings. The number of aliphatic hydroxyl groups excluding tert-OH is 1. The van der Waals surface area contributed by atoms with Crippen molar-refractivity contribution in [2.24, 2.45) is 11.8 Å². The predicted octanol–water partition coefficient (Wildman–Crippen LogP) is 2.22. The smallest absolute Gasteiger partial charge is 0.311 e. The van der Waals surface area contributed by atoms with Crippen LogP contribution in [0.5, 0.6) is 0 Å². The molecule has 0 aromatic carbocycles. The number of esters is 1. The molecule has 1 spiro atoms. The third-order valence-corrected chi connectivity index (χ3v) is 9.28. The van der Waals surface area contributed by atoms with Gasteiger partial charge in [-0.3, -0.25) is 14.4 Å². The Labute approximate surface area is 189 Å². The fourth-order valence-electron chi connectivity index (χ4n) is 5.89. The van der Waals surface area contributed by atoms with E-state index in [1.54, 1.807) is 34.6 Å². The van der Waals surface area contributed by atoms with E-state index in [4.69, 9.17) is 4.74 Å². The molecular weight excluding hydrogens is 416 g/mol. The van der Waals surface area contributed by atoms with Crippen LogP contribution in [0.1, 0.15) is 53.9 Å². The lowest BCUT2D eigenvalue weighted by Gasteiger charge is -2.40. The van der Waals surface area contributed by atoms with Gasteiger partial charge in [0.05, 0.1) is 35.8 Å². The first kappa shape index (κ1) is 24.1. The van der Waals surface area contributed by atoms with Gasteiger partial charge in [0, 0.05) is 17.3 Å². The maximum absolute atomic E-state index is 14.0. The van der Waals surface area contributed by atoms with Crippen molar-refractivity contribution >= 4 is 29.5 Å². The van der Waals surface area contributed by atoms with Crippen molar-refractivity contribution in [3.05, 3.63) is 12.7 Å². The largest absolute Gasteiger partial charge is 0.466 e. The van der Waals surface area contributed by atoms with Crippen LogP contribution >= 0.6 is 11.8 Å². The maximum Gasteiger partial charge on any atom is 0.311 e. The van der Waals surface area contributed by atoms with Crippen molar-refractivity contribution in [3.63, 3.8) is 0 Å². The Morgan fingerprint density at radius 1 is 1.39 bits per heavy atom. The van der Waals surface area contributed by atoms with Crippen molar-refractivity contribution in [1.29, 1.82) is 0 Å². The third-order valence-electron chi connectivity index (χ3n) is 7.30. The zero-order valence-electron chi connectivity index (χ0n) is 19.3. The Morgan fingerprint density at radius 2 is 2.06 bits per heavy atom. The van der Waals surface area contributed by atoms with Crippen LogP contribution in [0.4, 0.5) is 0 Å². The summed E-state index contributed by atoms with van der Waals surface area (Å²) < 4.78 is 4.27. The molecule has 7 nitrogen and oxygen atoms in total. The van der Waals surface area contributed by atoms with Gasteiger partial charge >= 0.3 is 5.97 Å². The number of nitrogens with zero attached hydrogens (tertiary/aromatic N) is 2. The number of carbonyl (C=O) groups is 3. The molecule has 8 heteroatoms. The first-order valence-corrected chi connectivity index (χ1v) is 12.2. The molecular formula is C23H36N2O5S. The highest BCUT2D eigenvalue weighted by Gasteiger charge is 2.78. The molecule has 31 heavy (non-hydrogen) atoms. The molecule has 0 radical (unpaired) electrons. The number of hydrogen-bond donors (Lipinski definition) is 1. The van der Waals surface area contributed by atoms with Gasteiger partial charge in [-0.2, -0.15) is 0 Å². The van der Waals surface area contributed by atoms with Crippen LogP contribution in [0, 0.1) is 11.8 Å². The van der Waals surface area contributed by atoms with Gasteiger partial charge in [-0.1, -0.05) is 13.0 Å². The van der Waals surface area contributed by atoms with Gasteiger partial charge < -0.3 is 19.6 Å². The molecule has 2 amide bonds. The fraction of sp³-hybridized carbons (Fsp3) is 0.783. The first-order valence-electron chi connectivity index (χ1n) is 11.3. The Balaban J connectivity index is 2.13. The van der Waals surface area contributed by atoms with E-state index in [1.165, 1.54) is 0 Å². The minimum Gasteiger partial charge on any atom is -0.466 e. The minimum atomic E-state index is -0.712. The zero-order chi connectivity index (χ0) is 23.1. The molecule has 3 rings (SSSR count). The molecule has 0 aliphatic carbocycles. The van der Waals surface area contributed by atoms with E-state index in [0.717, 1.165) is 6.42 Å². The molecule has 2 bridgehead atoms. The van der Waals surface area contributed by atoms with Crippen LogP contribution in [-0.4, -0.2) is 80.1 Å². The number of thioether (sulfide) groups is 1. The Hall–Kier alpha value is -1.54. The number of amides is 2. The van der Waals surface area contributed by atoms with Crippen LogP contribution in [-0.2, 0) is 19.1 Å². The number of hydrogen-bond acceptors (Lipinski definition) is 6. The minimum absolute atomic E-state index is 0.0628. The molecule has 0 saturated carbocycles. The monoisotopic (exact) mass is 452 g/mol. The topological polar surface area (TPSA) is 87.2 Å². The summed E-state index contributed by atoms with van der Waals surface area (Å²) in [4.78, 5) is 44.2. The highest BCUT2D eigenvalue weighted by molar-refractivity contribution is 8.02. The van der Waals surface area contributed by atoms with Gasteiger partial charge in [-0.15, -0.1) is 18.3 Å². The lowest BCUT2D eigenvalue weighted by Crippen LogP contribution is -2.58. The molecule has 2 unspecified atom stereocenters. The van der Waals surface area contributed by atoms with Gasteiger partial charge in [-0.25, -0.2) is 0 Å². The van der Waals surface area contributed by atoms with Gasteiger partial charge in [0.2, 0.25) is 11.8 Å². The molecule has 3 heterocycles. The van der Waals surface area contributed by atoms with Gasteiger partial charge in [0.15, 0.2) is 0 Å². The van der Waals surface area contributed by atoms with Gasteiger partial charge in [-0.05, 0) is 47.0 Å². The molecule has 3 saturated heterocycles. The van der Waals surface area contributed by atoms with Crippen molar-refractivity contribution in [1.82, 2.24) is 9.80 Å². The number of carbonyl (C=O) groups excluding carboxylic acids is 3. The van der Waals surface area contributed by atoms with Crippen LogP contribution in [0.3, 0.4) is 0 Å². The zero-order valence-corrected chi connectivity index (χ0v) is 20.1. The van der Waals surface area contributed by atoms with Gasteiger partial charge in [0.25, 0.3) is 0 Å². The molecule has 0 aromatic rings. The van der Waals surface area contributed by atoms with Crippen LogP contribution in [0.15, 0.2) is 12.7 Å². The fourth-order valence-corrected chi connectivity index (χ4v) is 8.22. The second kappa shape index (κ2) is 8.77. The number of rotatable bonds is 9. The van der Waals surface area contributed by atoms with Crippen molar-refractivity contribution in [2.75, 3.05) is 19.8 Å². The highest BCUT2D eigenvalue weighted by atomic mass is 32.2. The molecule has 3 aliphatic heterocycles.